The van der Waals surface area contributed by atoms with Crippen LogP contribution < -0.4 is 45.5 Å². The van der Waals surface area contributed by atoms with E-state index < -0.39 is 17.2 Å². The van der Waals surface area contributed by atoms with Gasteiger partial charge in [-0.05, 0) is 49.4 Å². The van der Waals surface area contributed by atoms with Gasteiger partial charge < -0.3 is 18.9 Å². The lowest BCUT2D eigenvalue weighted by Crippen LogP contribution is -2.53. The van der Waals surface area contributed by atoms with Crippen LogP contribution in [-0.4, -0.2) is 11.3 Å². The fourth-order valence-corrected chi connectivity index (χ4v) is 16.2. The molecule has 0 radical (unpaired) electrons. The van der Waals surface area contributed by atoms with Crippen molar-refractivity contribution in [2.45, 2.75) is 18.2 Å². The van der Waals surface area contributed by atoms with E-state index in [4.69, 9.17) is 42.6 Å². The first-order valence-electron chi connectivity index (χ1n) is 12.8. The van der Waals surface area contributed by atoms with Gasteiger partial charge in [0.05, 0.1) is 21.8 Å². The van der Waals surface area contributed by atoms with Crippen molar-refractivity contribution in [2.75, 3.05) is 0 Å². The predicted molar refractivity (Wildman–Crippen MR) is 164 cm³/mol. The fraction of sp³-hybridized carbons (Fsp3) is 0.0968. The van der Waals surface area contributed by atoms with Crippen LogP contribution in [0.1, 0.15) is 6.92 Å². The van der Waals surface area contributed by atoms with Crippen LogP contribution in [0.15, 0.2) is 97.1 Å². The van der Waals surface area contributed by atoms with Gasteiger partial charge in [0.25, 0.3) is 0 Å². The summed E-state index contributed by atoms with van der Waals surface area (Å²) >= 11 is 13.7. The lowest BCUT2D eigenvalue weighted by molar-refractivity contribution is 0.211. The second kappa shape index (κ2) is 7.33. The zero-order valence-corrected chi connectivity index (χ0v) is 24.1. The molecule has 0 amide bonds. The maximum absolute atomic E-state index is 6.92. The molecule has 0 saturated carbocycles. The molecule has 0 fully saturated rings. The van der Waals surface area contributed by atoms with Crippen molar-refractivity contribution >= 4 is 62.2 Å². The Bertz CT molecular complexity index is 1960. The molecule has 0 N–H and O–H groups in total. The molecular weight excluding hydrogens is 562 g/mol. The average molecular weight is 583 g/mol. The Morgan fingerprint density at radius 1 is 0.641 bits per heavy atom. The average Bonchev–Trinajstić information content (AvgIpc) is 2.96. The van der Waals surface area contributed by atoms with Gasteiger partial charge in [-0.3, -0.25) is 0 Å². The Morgan fingerprint density at radius 2 is 1.15 bits per heavy atom. The molecule has 4 heterocycles. The van der Waals surface area contributed by atoms with Crippen LogP contribution in [0.4, 0.5) is 0 Å². The van der Waals surface area contributed by atoms with Gasteiger partial charge in [0.1, 0.15) is 23.4 Å². The van der Waals surface area contributed by atoms with Crippen LogP contribution in [0.25, 0.3) is 0 Å². The van der Waals surface area contributed by atoms with E-state index in [1.54, 1.807) is 0 Å². The van der Waals surface area contributed by atoms with Crippen molar-refractivity contribution in [2.24, 2.45) is 0 Å². The van der Waals surface area contributed by atoms with E-state index in [-0.39, 0.29) is 6.10 Å². The number of ether oxygens (including phenoxy) is 4. The van der Waals surface area contributed by atoms with Gasteiger partial charge in [0, 0.05) is 22.0 Å². The molecule has 4 atom stereocenters. The summed E-state index contributed by atoms with van der Waals surface area (Å²) in [6.45, 7) is 2.22. The molecule has 0 saturated heterocycles. The molecule has 190 valence electrons. The molecule has 1 aliphatic carbocycles. The summed E-state index contributed by atoms with van der Waals surface area (Å²) in [6.07, 6.45) is 8.19. The Balaban J connectivity index is 1.48. The standard InChI is InChI=1S/C31H20O4P2S2/c1-31-17-9-8-16-24(31)35-28-26-29-25(27-30(28)37(31,39)23-15-7-4-12-20(23)34-27)32-18-10-2-5-13-21(18)36(29,38)22-14-6-3-11-19(22)33-26/h2-17,24H,1H3. The van der Waals surface area contributed by atoms with E-state index in [1.807, 2.05) is 60.7 Å². The summed E-state index contributed by atoms with van der Waals surface area (Å²) in [6, 6.07) is 19.2. The summed E-state index contributed by atoms with van der Waals surface area (Å²) in [5, 5.41) is 4.33. The van der Waals surface area contributed by atoms with Gasteiger partial charge in [-0.1, -0.05) is 78.2 Å². The van der Waals surface area contributed by atoms with Crippen LogP contribution in [0.2, 0.25) is 0 Å². The minimum Gasteiger partial charge on any atom is -0.480 e. The highest BCUT2D eigenvalue weighted by Gasteiger charge is 2.59. The SMILES string of the molecule is CC12C=CC=CC1Oc1c3c4c(c5c1P2(=S)c1ccccc1O5)Oc1ccccc1P4(=S)c1ccccc1O3. The quantitative estimate of drug-likeness (QED) is 0.210. The number of para-hydroxylation sites is 3. The third kappa shape index (κ3) is 2.49. The largest absolute Gasteiger partial charge is 0.480 e. The Kier molecular flexibility index (Phi) is 4.26. The first kappa shape index (κ1) is 22.7. The van der Waals surface area contributed by atoms with Crippen LogP contribution in [-0.2, 0) is 23.6 Å². The van der Waals surface area contributed by atoms with Crippen molar-refractivity contribution in [3.8, 4) is 40.2 Å². The first-order chi connectivity index (χ1) is 19.0. The third-order valence-electron chi connectivity index (χ3n) is 8.48. The van der Waals surface area contributed by atoms with Gasteiger partial charge in [0.15, 0.2) is 23.0 Å². The van der Waals surface area contributed by atoms with E-state index >= 15 is 0 Å². The molecule has 0 aromatic heterocycles. The van der Waals surface area contributed by atoms with Crippen LogP contribution in [0.3, 0.4) is 0 Å². The minimum absolute atomic E-state index is 0.260. The monoisotopic (exact) mass is 582 g/mol. The van der Waals surface area contributed by atoms with Gasteiger partial charge in [-0.2, -0.15) is 0 Å². The normalized spacial score (nSPS) is 29.0. The fourth-order valence-electron chi connectivity index (χ4n) is 6.61. The number of hydrogen-bond acceptors (Lipinski definition) is 6. The van der Waals surface area contributed by atoms with Gasteiger partial charge in [-0.15, -0.1) is 0 Å². The first-order valence-corrected chi connectivity index (χ1v) is 18.4. The molecule has 39 heavy (non-hydrogen) atoms. The van der Waals surface area contributed by atoms with Crippen LogP contribution in [0, 0.1) is 0 Å². The van der Waals surface area contributed by atoms with Gasteiger partial charge in [-0.25, -0.2) is 0 Å². The smallest absolute Gasteiger partial charge is 0.183 e. The summed E-state index contributed by atoms with van der Waals surface area (Å²) in [5.74, 6) is 4.80. The topological polar surface area (TPSA) is 36.9 Å². The number of fused-ring (bicyclic) bond motifs is 10. The molecule has 4 aliphatic heterocycles. The molecule has 0 spiro atoms. The van der Waals surface area contributed by atoms with Crippen molar-refractivity contribution in [1.82, 2.24) is 0 Å². The van der Waals surface area contributed by atoms with E-state index in [1.165, 1.54) is 0 Å². The molecule has 4 aromatic carbocycles. The number of benzene rings is 4. The Morgan fingerprint density at radius 3 is 1.79 bits per heavy atom. The maximum Gasteiger partial charge on any atom is 0.183 e. The molecule has 5 aliphatic rings. The van der Waals surface area contributed by atoms with Crippen molar-refractivity contribution in [3.63, 3.8) is 0 Å². The summed E-state index contributed by atoms with van der Waals surface area (Å²) < 4.78 is 27.2. The molecule has 4 nitrogen and oxygen atoms in total. The highest BCUT2D eigenvalue weighted by atomic mass is 32.4. The molecule has 0 bridgehead atoms. The zero-order valence-electron chi connectivity index (χ0n) is 20.7. The summed E-state index contributed by atoms with van der Waals surface area (Å²) in [7, 11) is 0. The molecule has 4 unspecified atom stereocenters. The van der Waals surface area contributed by atoms with Crippen molar-refractivity contribution in [1.29, 1.82) is 0 Å². The van der Waals surface area contributed by atoms with Crippen molar-refractivity contribution in [3.05, 3.63) is 97.1 Å². The second-order valence-corrected chi connectivity index (χ2v) is 19.5. The Labute approximate surface area is 235 Å². The highest BCUT2D eigenvalue weighted by molar-refractivity contribution is 8.26. The van der Waals surface area contributed by atoms with E-state index in [0.717, 1.165) is 43.8 Å². The van der Waals surface area contributed by atoms with E-state index in [0.29, 0.717) is 23.0 Å². The lowest BCUT2D eigenvalue weighted by atomic mass is 9.98. The lowest BCUT2D eigenvalue weighted by Gasteiger charge is -2.52. The maximum atomic E-state index is 6.92. The third-order valence-corrected chi connectivity index (χ3v) is 19.5. The van der Waals surface area contributed by atoms with E-state index in [9.17, 15) is 0 Å². The molecule has 8 heteroatoms. The molecule has 9 rings (SSSR count). The van der Waals surface area contributed by atoms with Crippen LogP contribution in [0.5, 0.6) is 40.2 Å². The minimum atomic E-state index is -2.59. The van der Waals surface area contributed by atoms with Crippen molar-refractivity contribution < 1.29 is 18.9 Å². The molecule has 4 aromatic rings. The van der Waals surface area contributed by atoms with Gasteiger partial charge in [0.2, 0.25) is 0 Å². The predicted octanol–water partition coefficient (Wildman–Crippen LogP) is 5.84. The highest BCUT2D eigenvalue weighted by Crippen LogP contribution is 2.72. The molecular formula is C31H20O4P2S2. The number of hydrogen-bond donors (Lipinski definition) is 0. The van der Waals surface area contributed by atoms with E-state index in [2.05, 4.69) is 43.4 Å². The number of allylic oxidation sites excluding steroid dienone is 2. The van der Waals surface area contributed by atoms with Gasteiger partial charge >= 0.3 is 0 Å². The Hall–Kier alpha value is -3.14. The number of rotatable bonds is 0. The zero-order chi connectivity index (χ0) is 26.1. The van der Waals surface area contributed by atoms with Crippen LogP contribution >= 0.6 is 12.1 Å². The second-order valence-electron chi connectivity index (χ2n) is 10.4. The summed E-state index contributed by atoms with van der Waals surface area (Å²) in [4.78, 5) is 0. The summed E-state index contributed by atoms with van der Waals surface area (Å²) in [5.41, 5.74) is 0.